The van der Waals surface area contributed by atoms with Gasteiger partial charge in [-0.25, -0.2) is 22.4 Å². The standard InChI is InChI=1S/C20H21FN2O5S/c1-28-18-9-8-16(13-17(18)23-19(24)10-11-20(23)25)29(26,27)22-12-2-3-14-4-6-15(21)7-5-14/h4-9,13,22H,2-3,10-12H2,1H3. The maximum absolute atomic E-state index is 12.9. The van der Waals surface area contributed by atoms with Gasteiger partial charge in [-0.2, -0.15) is 0 Å². The molecule has 1 saturated heterocycles. The summed E-state index contributed by atoms with van der Waals surface area (Å²) in [5.41, 5.74) is 1.03. The van der Waals surface area contributed by atoms with E-state index in [0.29, 0.717) is 12.8 Å². The third-order valence-electron chi connectivity index (χ3n) is 4.60. The number of benzene rings is 2. The predicted molar refractivity (Wildman–Crippen MR) is 105 cm³/mol. The molecule has 1 N–H and O–H groups in total. The topological polar surface area (TPSA) is 92.8 Å². The molecule has 0 atom stereocenters. The van der Waals surface area contributed by atoms with Crippen molar-refractivity contribution >= 4 is 27.5 Å². The quantitative estimate of drug-likeness (QED) is 0.523. The molecular weight excluding hydrogens is 399 g/mol. The van der Waals surface area contributed by atoms with Crippen LogP contribution < -0.4 is 14.4 Å². The average Bonchev–Trinajstić information content (AvgIpc) is 3.04. The molecule has 0 aromatic heterocycles. The molecular formula is C20H21FN2O5S. The fourth-order valence-corrected chi connectivity index (χ4v) is 4.18. The molecule has 7 nitrogen and oxygen atoms in total. The number of carbonyl (C=O) groups is 2. The van der Waals surface area contributed by atoms with Crippen molar-refractivity contribution < 1.29 is 27.1 Å². The molecule has 1 fully saturated rings. The Bertz CT molecular complexity index is 1010. The van der Waals surface area contributed by atoms with E-state index < -0.39 is 21.8 Å². The Morgan fingerprint density at radius 2 is 1.72 bits per heavy atom. The summed E-state index contributed by atoms with van der Waals surface area (Å²) in [6, 6.07) is 10.1. The summed E-state index contributed by atoms with van der Waals surface area (Å²) in [5.74, 6) is -0.867. The zero-order valence-corrected chi connectivity index (χ0v) is 16.7. The van der Waals surface area contributed by atoms with Gasteiger partial charge in [0.25, 0.3) is 0 Å². The highest BCUT2D eigenvalue weighted by Gasteiger charge is 2.33. The number of nitrogens with zero attached hydrogens (tertiary/aromatic N) is 1. The lowest BCUT2D eigenvalue weighted by atomic mass is 10.1. The molecule has 1 aliphatic heterocycles. The number of ether oxygens (including phenoxy) is 1. The summed E-state index contributed by atoms with van der Waals surface area (Å²) in [7, 11) is -2.47. The van der Waals surface area contributed by atoms with E-state index in [9.17, 15) is 22.4 Å². The summed E-state index contributed by atoms with van der Waals surface area (Å²) < 4.78 is 45.9. The van der Waals surface area contributed by atoms with E-state index in [0.717, 1.165) is 10.5 Å². The number of methoxy groups -OCH3 is 1. The molecule has 2 amide bonds. The van der Waals surface area contributed by atoms with E-state index in [1.165, 1.54) is 37.4 Å². The number of nitrogens with one attached hydrogen (secondary N) is 1. The van der Waals surface area contributed by atoms with E-state index >= 15 is 0 Å². The molecule has 0 unspecified atom stereocenters. The first-order chi connectivity index (χ1) is 13.8. The van der Waals surface area contributed by atoms with Gasteiger partial charge >= 0.3 is 0 Å². The van der Waals surface area contributed by atoms with Crippen molar-refractivity contribution in [2.75, 3.05) is 18.6 Å². The largest absolute Gasteiger partial charge is 0.495 e. The summed E-state index contributed by atoms with van der Waals surface area (Å²) in [6.45, 7) is 0.183. The van der Waals surface area contributed by atoms with Crippen LogP contribution >= 0.6 is 0 Å². The third-order valence-corrected chi connectivity index (χ3v) is 6.06. The fourth-order valence-electron chi connectivity index (χ4n) is 3.09. The van der Waals surface area contributed by atoms with Crippen molar-refractivity contribution in [2.45, 2.75) is 30.6 Å². The number of amides is 2. The average molecular weight is 420 g/mol. The van der Waals surface area contributed by atoms with Crippen molar-refractivity contribution in [3.63, 3.8) is 0 Å². The Balaban J connectivity index is 1.71. The molecule has 1 aliphatic rings. The Hall–Kier alpha value is -2.78. The molecule has 3 rings (SSSR count). The minimum Gasteiger partial charge on any atom is -0.495 e. The highest BCUT2D eigenvalue weighted by molar-refractivity contribution is 7.89. The number of hydrogen-bond acceptors (Lipinski definition) is 5. The van der Waals surface area contributed by atoms with Crippen LogP contribution in [0.1, 0.15) is 24.8 Å². The SMILES string of the molecule is COc1ccc(S(=O)(=O)NCCCc2ccc(F)cc2)cc1N1C(=O)CCC1=O. The van der Waals surface area contributed by atoms with Gasteiger partial charge in [-0.15, -0.1) is 0 Å². The van der Waals surface area contributed by atoms with E-state index in [-0.39, 0.29) is 41.5 Å². The molecule has 0 aliphatic carbocycles. The third kappa shape index (κ3) is 4.80. The smallest absolute Gasteiger partial charge is 0.240 e. The first-order valence-corrected chi connectivity index (χ1v) is 10.6. The van der Waals surface area contributed by atoms with Gasteiger partial charge < -0.3 is 4.74 Å². The van der Waals surface area contributed by atoms with Gasteiger partial charge in [-0.1, -0.05) is 12.1 Å². The zero-order chi connectivity index (χ0) is 21.0. The number of anilines is 1. The molecule has 0 radical (unpaired) electrons. The molecule has 2 aromatic rings. The minimum absolute atomic E-state index is 0.0671. The van der Waals surface area contributed by atoms with E-state index in [1.54, 1.807) is 12.1 Å². The fraction of sp³-hybridized carbons (Fsp3) is 0.300. The lowest BCUT2D eigenvalue weighted by molar-refractivity contribution is -0.121. The lowest BCUT2D eigenvalue weighted by Crippen LogP contribution is -2.30. The Kier molecular flexibility index (Phi) is 6.29. The molecule has 29 heavy (non-hydrogen) atoms. The van der Waals surface area contributed by atoms with E-state index in [2.05, 4.69) is 4.72 Å². The normalized spacial score (nSPS) is 14.5. The van der Waals surface area contributed by atoms with Crippen molar-refractivity contribution in [3.8, 4) is 5.75 Å². The second-order valence-corrected chi connectivity index (χ2v) is 8.35. The summed E-state index contributed by atoms with van der Waals surface area (Å²) in [6.07, 6.45) is 1.28. The lowest BCUT2D eigenvalue weighted by Gasteiger charge is -2.18. The van der Waals surface area contributed by atoms with Gasteiger partial charge in [0.15, 0.2) is 0 Å². The van der Waals surface area contributed by atoms with Crippen LogP contribution in [0.2, 0.25) is 0 Å². The zero-order valence-electron chi connectivity index (χ0n) is 15.9. The molecule has 154 valence electrons. The Morgan fingerprint density at radius 3 is 2.34 bits per heavy atom. The highest BCUT2D eigenvalue weighted by atomic mass is 32.2. The number of carbonyl (C=O) groups excluding carboxylic acids is 2. The maximum Gasteiger partial charge on any atom is 0.240 e. The Morgan fingerprint density at radius 1 is 1.07 bits per heavy atom. The van der Waals surface area contributed by atoms with Crippen LogP contribution in [0.5, 0.6) is 5.75 Å². The van der Waals surface area contributed by atoms with Crippen LogP contribution in [-0.4, -0.2) is 33.9 Å². The van der Waals surface area contributed by atoms with Crippen molar-refractivity contribution in [2.24, 2.45) is 0 Å². The van der Waals surface area contributed by atoms with E-state index in [1.807, 2.05) is 0 Å². The summed E-state index contributed by atoms with van der Waals surface area (Å²) in [5, 5.41) is 0. The number of halogens is 1. The van der Waals surface area contributed by atoms with Gasteiger partial charge in [0.05, 0.1) is 17.7 Å². The van der Waals surface area contributed by atoms with Crippen LogP contribution in [0.3, 0.4) is 0 Å². The van der Waals surface area contributed by atoms with Crippen LogP contribution in [0, 0.1) is 5.82 Å². The van der Waals surface area contributed by atoms with Crippen molar-refractivity contribution in [1.82, 2.24) is 4.72 Å². The predicted octanol–water partition coefficient (Wildman–Crippen LogP) is 2.40. The minimum atomic E-state index is -3.85. The van der Waals surface area contributed by atoms with Crippen LogP contribution in [0.4, 0.5) is 10.1 Å². The van der Waals surface area contributed by atoms with Gasteiger partial charge in [0, 0.05) is 19.4 Å². The van der Waals surface area contributed by atoms with Crippen molar-refractivity contribution in [3.05, 3.63) is 53.8 Å². The second-order valence-electron chi connectivity index (χ2n) is 6.58. The molecule has 0 bridgehead atoms. The maximum atomic E-state index is 12.9. The first kappa shape index (κ1) is 20.9. The summed E-state index contributed by atoms with van der Waals surface area (Å²) in [4.78, 5) is 25.0. The molecule has 2 aromatic carbocycles. The molecule has 1 heterocycles. The van der Waals surface area contributed by atoms with Gasteiger partial charge in [-0.3, -0.25) is 9.59 Å². The number of imide groups is 1. The number of sulfonamides is 1. The summed E-state index contributed by atoms with van der Waals surface area (Å²) >= 11 is 0. The number of hydrogen-bond donors (Lipinski definition) is 1. The molecule has 9 heteroatoms. The number of rotatable bonds is 8. The van der Waals surface area contributed by atoms with Crippen LogP contribution in [-0.2, 0) is 26.0 Å². The first-order valence-electron chi connectivity index (χ1n) is 9.10. The van der Waals surface area contributed by atoms with Crippen LogP contribution in [0.25, 0.3) is 0 Å². The van der Waals surface area contributed by atoms with Crippen LogP contribution in [0.15, 0.2) is 47.4 Å². The molecule has 0 saturated carbocycles. The highest BCUT2D eigenvalue weighted by Crippen LogP contribution is 2.34. The molecule has 0 spiro atoms. The Labute approximate surface area is 168 Å². The van der Waals surface area contributed by atoms with Gasteiger partial charge in [0.2, 0.25) is 21.8 Å². The monoisotopic (exact) mass is 420 g/mol. The number of aryl methyl sites for hydroxylation is 1. The van der Waals surface area contributed by atoms with E-state index in [4.69, 9.17) is 4.74 Å². The van der Waals surface area contributed by atoms with Crippen molar-refractivity contribution in [1.29, 1.82) is 0 Å². The van der Waals surface area contributed by atoms with Gasteiger partial charge in [0.1, 0.15) is 11.6 Å². The van der Waals surface area contributed by atoms with Gasteiger partial charge in [-0.05, 0) is 48.7 Å². The second kappa shape index (κ2) is 8.71.